The molecule has 0 unspecified atom stereocenters. The normalized spacial score (nSPS) is 9.96. The molecule has 0 aliphatic carbocycles. The van der Waals surface area contributed by atoms with Crippen LogP contribution in [0.15, 0.2) is 54.6 Å². The monoisotopic (exact) mass is 347 g/mol. The number of hydrazine groups is 1. The van der Waals surface area contributed by atoms with Crippen molar-refractivity contribution in [2.75, 3.05) is 6.54 Å². The Hall–Kier alpha value is -2.11. The van der Waals surface area contributed by atoms with Gasteiger partial charge in [0.2, 0.25) is 0 Å². The van der Waals surface area contributed by atoms with E-state index in [4.69, 9.17) is 23.8 Å². The Bertz CT molecular complexity index is 664. The number of nitrogens with one attached hydrogen (secondary N) is 3. The van der Waals surface area contributed by atoms with Crippen molar-refractivity contribution in [3.8, 4) is 0 Å². The molecule has 0 radical (unpaired) electrons. The van der Waals surface area contributed by atoms with Crippen LogP contribution >= 0.6 is 23.8 Å². The van der Waals surface area contributed by atoms with E-state index in [9.17, 15) is 4.79 Å². The Morgan fingerprint density at radius 2 is 1.70 bits per heavy atom. The number of hydrogen-bond donors (Lipinski definition) is 3. The molecule has 0 aliphatic rings. The summed E-state index contributed by atoms with van der Waals surface area (Å²) in [7, 11) is 0. The van der Waals surface area contributed by atoms with Crippen LogP contribution in [0.4, 0.5) is 0 Å². The summed E-state index contributed by atoms with van der Waals surface area (Å²) in [6.45, 7) is 0.725. The zero-order chi connectivity index (χ0) is 16.5. The molecular formula is C17H18ClN3OS. The highest BCUT2D eigenvalue weighted by Gasteiger charge is 2.09. The van der Waals surface area contributed by atoms with Gasteiger partial charge in [-0.3, -0.25) is 15.6 Å². The molecule has 2 aromatic carbocycles. The van der Waals surface area contributed by atoms with E-state index in [-0.39, 0.29) is 5.91 Å². The second-order valence-corrected chi connectivity index (χ2v) is 5.72. The maximum Gasteiger partial charge on any atom is 0.271 e. The second-order valence-electron chi connectivity index (χ2n) is 4.90. The van der Waals surface area contributed by atoms with Crippen molar-refractivity contribution in [2.45, 2.75) is 12.8 Å². The summed E-state index contributed by atoms with van der Waals surface area (Å²) in [5.41, 5.74) is 6.88. The van der Waals surface area contributed by atoms with Gasteiger partial charge in [0, 0.05) is 6.54 Å². The van der Waals surface area contributed by atoms with Crippen molar-refractivity contribution in [3.63, 3.8) is 0 Å². The van der Waals surface area contributed by atoms with E-state index < -0.39 is 0 Å². The van der Waals surface area contributed by atoms with Crippen LogP contribution in [0.25, 0.3) is 0 Å². The van der Waals surface area contributed by atoms with Crippen LogP contribution < -0.4 is 16.2 Å². The third-order valence-corrected chi connectivity index (χ3v) is 3.75. The summed E-state index contributed by atoms with van der Waals surface area (Å²) < 4.78 is 0. The molecule has 0 saturated carbocycles. The lowest BCUT2D eigenvalue weighted by molar-refractivity contribution is 0.0944. The van der Waals surface area contributed by atoms with Crippen molar-refractivity contribution in [3.05, 3.63) is 70.7 Å². The summed E-state index contributed by atoms with van der Waals surface area (Å²) in [4.78, 5) is 11.9. The van der Waals surface area contributed by atoms with Crippen LogP contribution in [0.2, 0.25) is 5.02 Å². The van der Waals surface area contributed by atoms with E-state index in [1.54, 1.807) is 24.3 Å². The highest BCUT2D eigenvalue weighted by atomic mass is 35.5. The van der Waals surface area contributed by atoms with Gasteiger partial charge in [0.1, 0.15) is 0 Å². The van der Waals surface area contributed by atoms with Crippen molar-refractivity contribution in [1.29, 1.82) is 0 Å². The van der Waals surface area contributed by atoms with Gasteiger partial charge in [-0.25, -0.2) is 0 Å². The van der Waals surface area contributed by atoms with Crippen LogP contribution in [0.1, 0.15) is 22.3 Å². The fourth-order valence-electron chi connectivity index (χ4n) is 2.01. The lowest BCUT2D eigenvalue weighted by Crippen LogP contribution is -2.47. The van der Waals surface area contributed by atoms with Crippen molar-refractivity contribution in [2.24, 2.45) is 0 Å². The van der Waals surface area contributed by atoms with E-state index in [0.29, 0.717) is 15.7 Å². The van der Waals surface area contributed by atoms with Gasteiger partial charge in [0.05, 0.1) is 10.6 Å². The van der Waals surface area contributed by atoms with Gasteiger partial charge in [-0.1, -0.05) is 54.1 Å². The predicted octanol–water partition coefficient (Wildman–Crippen LogP) is 3.08. The number of rotatable bonds is 5. The largest absolute Gasteiger partial charge is 0.361 e. The topological polar surface area (TPSA) is 53.2 Å². The van der Waals surface area contributed by atoms with Gasteiger partial charge in [-0.2, -0.15) is 0 Å². The molecule has 23 heavy (non-hydrogen) atoms. The highest BCUT2D eigenvalue weighted by Crippen LogP contribution is 2.13. The van der Waals surface area contributed by atoms with Crippen LogP contribution in [0, 0.1) is 0 Å². The minimum atomic E-state index is -0.330. The fourth-order valence-corrected chi connectivity index (χ4v) is 2.38. The molecule has 3 N–H and O–H groups in total. The third-order valence-electron chi connectivity index (χ3n) is 3.18. The molecule has 0 fully saturated rings. The number of hydrogen-bond acceptors (Lipinski definition) is 2. The molecule has 0 heterocycles. The summed E-state index contributed by atoms with van der Waals surface area (Å²) in [6.07, 6.45) is 1.92. The van der Waals surface area contributed by atoms with Gasteiger partial charge in [0.15, 0.2) is 5.11 Å². The number of halogens is 1. The molecule has 2 aromatic rings. The van der Waals surface area contributed by atoms with Crippen LogP contribution in [-0.4, -0.2) is 17.6 Å². The number of carbonyl (C=O) groups is 1. The van der Waals surface area contributed by atoms with E-state index in [0.717, 1.165) is 19.4 Å². The zero-order valence-corrected chi connectivity index (χ0v) is 14.1. The summed E-state index contributed by atoms with van der Waals surface area (Å²) in [5, 5.41) is 3.82. The first kappa shape index (κ1) is 17.2. The highest BCUT2D eigenvalue weighted by molar-refractivity contribution is 7.80. The Labute approximate surface area is 146 Å². The molecule has 6 heteroatoms. The quantitative estimate of drug-likeness (QED) is 0.442. The number of thiocarbonyl (C=S) groups is 1. The van der Waals surface area contributed by atoms with Crippen molar-refractivity contribution < 1.29 is 4.79 Å². The van der Waals surface area contributed by atoms with Gasteiger partial charge >= 0.3 is 0 Å². The first-order chi connectivity index (χ1) is 11.2. The lowest BCUT2D eigenvalue weighted by Gasteiger charge is -2.12. The summed E-state index contributed by atoms with van der Waals surface area (Å²) in [6, 6.07) is 17.1. The Balaban J connectivity index is 1.65. The fraction of sp³-hybridized carbons (Fsp3) is 0.176. The maximum atomic E-state index is 11.9. The van der Waals surface area contributed by atoms with Crippen LogP contribution in [0.5, 0.6) is 0 Å². The maximum absolute atomic E-state index is 11.9. The number of amides is 1. The molecule has 2 rings (SSSR count). The third kappa shape index (κ3) is 5.88. The number of carbonyl (C=O) groups excluding carboxylic acids is 1. The van der Waals surface area contributed by atoms with E-state index >= 15 is 0 Å². The molecule has 4 nitrogen and oxygen atoms in total. The average Bonchev–Trinajstić information content (AvgIpc) is 2.58. The molecule has 0 atom stereocenters. The molecule has 0 aliphatic heterocycles. The van der Waals surface area contributed by atoms with E-state index in [1.807, 2.05) is 18.2 Å². The van der Waals surface area contributed by atoms with Crippen LogP contribution in [0.3, 0.4) is 0 Å². The number of aryl methyl sites for hydroxylation is 1. The summed E-state index contributed by atoms with van der Waals surface area (Å²) in [5.74, 6) is -0.330. The van der Waals surface area contributed by atoms with E-state index in [1.165, 1.54) is 5.56 Å². The molecule has 0 saturated heterocycles. The Morgan fingerprint density at radius 3 is 2.43 bits per heavy atom. The molecular weight excluding hydrogens is 330 g/mol. The van der Waals surface area contributed by atoms with Gasteiger partial charge in [-0.15, -0.1) is 0 Å². The second kappa shape index (κ2) is 9.12. The Kier molecular flexibility index (Phi) is 6.84. The zero-order valence-electron chi connectivity index (χ0n) is 12.5. The molecule has 1 amide bonds. The van der Waals surface area contributed by atoms with Crippen molar-refractivity contribution in [1.82, 2.24) is 16.2 Å². The smallest absolute Gasteiger partial charge is 0.271 e. The van der Waals surface area contributed by atoms with Gasteiger partial charge in [-0.05, 0) is 42.8 Å². The Morgan fingerprint density at radius 1 is 1.00 bits per heavy atom. The van der Waals surface area contributed by atoms with Crippen LogP contribution in [-0.2, 0) is 6.42 Å². The number of benzene rings is 2. The minimum Gasteiger partial charge on any atom is -0.361 e. The predicted molar refractivity (Wildman–Crippen MR) is 97.4 cm³/mol. The van der Waals surface area contributed by atoms with E-state index in [2.05, 4.69) is 28.3 Å². The molecule has 120 valence electrons. The van der Waals surface area contributed by atoms with Gasteiger partial charge < -0.3 is 5.32 Å². The summed E-state index contributed by atoms with van der Waals surface area (Å²) >= 11 is 11.1. The molecule has 0 aromatic heterocycles. The first-order valence-corrected chi connectivity index (χ1v) is 8.08. The average molecular weight is 348 g/mol. The molecule has 0 spiro atoms. The molecule has 0 bridgehead atoms. The SMILES string of the molecule is O=C(NNC(=S)NCCCc1ccccc1)c1ccccc1Cl. The minimum absolute atomic E-state index is 0.330. The van der Waals surface area contributed by atoms with Crippen molar-refractivity contribution >= 4 is 34.8 Å². The standard InChI is InChI=1S/C17H18ClN3OS/c18-15-11-5-4-10-14(15)16(22)20-21-17(23)19-12-6-9-13-7-2-1-3-8-13/h1-5,7-8,10-11H,6,9,12H2,(H,20,22)(H2,19,21,23). The van der Waals surface area contributed by atoms with Gasteiger partial charge in [0.25, 0.3) is 5.91 Å². The first-order valence-electron chi connectivity index (χ1n) is 7.29. The lowest BCUT2D eigenvalue weighted by atomic mass is 10.1.